The van der Waals surface area contributed by atoms with Crippen molar-refractivity contribution >= 4 is 28.2 Å². The zero-order chi connectivity index (χ0) is 16.4. The number of hydrogen-bond acceptors (Lipinski definition) is 3. The van der Waals surface area contributed by atoms with Crippen LogP contribution in [0, 0.1) is 6.92 Å². The molecular formula is C19H18N2O2. The van der Waals surface area contributed by atoms with Crippen molar-refractivity contribution in [3.8, 4) is 0 Å². The van der Waals surface area contributed by atoms with Gasteiger partial charge in [0.1, 0.15) is 0 Å². The summed E-state index contributed by atoms with van der Waals surface area (Å²) in [5.74, 6) is -0.922. The summed E-state index contributed by atoms with van der Waals surface area (Å²) in [5, 5.41) is 13.4. The molecule has 0 atom stereocenters. The largest absolute Gasteiger partial charge is 0.478 e. The van der Waals surface area contributed by atoms with Crippen molar-refractivity contribution in [3.05, 3.63) is 65.4 Å². The van der Waals surface area contributed by atoms with E-state index in [0.29, 0.717) is 0 Å². The second-order valence-electron chi connectivity index (χ2n) is 5.52. The van der Waals surface area contributed by atoms with Gasteiger partial charge >= 0.3 is 5.97 Å². The van der Waals surface area contributed by atoms with E-state index in [0.717, 1.165) is 34.4 Å². The fraction of sp³-hybridized carbons (Fsp3) is 0.158. The minimum atomic E-state index is -0.922. The number of benzene rings is 2. The van der Waals surface area contributed by atoms with Gasteiger partial charge in [-0.1, -0.05) is 13.0 Å². The predicted octanol–water partition coefficient (Wildman–Crippen LogP) is 4.55. The number of aromatic nitrogens is 1. The molecule has 0 bridgehead atoms. The molecule has 0 radical (unpaired) electrons. The van der Waals surface area contributed by atoms with Crippen molar-refractivity contribution in [1.82, 2.24) is 4.98 Å². The second kappa shape index (κ2) is 6.08. The minimum Gasteiger partial charge on any atom is -0.478 e. The molecule has 0 aliphatic rings. The smallest absolute Gasteiger partial charge is 0.335 e. The predicted molar refractivity (Wildman–Crippen MR) is 92.5 cm³/mol. The Kier molecular flexibility index (Phi) is 3.98. The number of carboxylic acids is 1. The summed E-state index contributed by atoms with van der Waals surface area (Å²) in [6.45, 7) is 4.09. The average molecular weight is 306 g/mol. The SMILES string of the molecule is CCc1ccc2nc(C)cc(Nc3ccc(C(=O)O)cc3)c2c1. The summed E-state index contributed by atoms with van der Waals surface area (Å²) in [5.41, 5.74) is 5.25. The molecule has 2 aromatic carbocycles. The van der Waals surface area contributed by atoms with Gasteiger partial charge in [0.2, 0.25) is 0 Å². The highest BCUT2D eigenvalue weighted by molar-refractivity contribution is 5.94. The van der Waals surface area contributed by atoms with Crippen LogP contribution in [0.3, 0.4) is 0 Å². The van der Waals surface area contributed by atoms with Gasteiger partial charge in [-0.15, -0.1) is 0 Å². The number of nitrogens with one attached hydrogen (secondary N) is 1. The Hall–Kier alpha value is -2.88. The van der Waals surface area contributed by atoms with Gasteiger partial charge in [-0.05, 0) is 61.4 Å². The zero-order valence-electron chi connectivity index (χ0n) is 13.1. The zero-order valence-corrected chi connectivity index (χ0v) is 13.1. The lowest BCUT2D eigenvalue weighted by molar-refractivity contribution is 0.0697. The summed E-state index contributed by atoms with van der Waals surface area (Å²) >= 11 is 0. The number of nitrogens with zero attached hydrogens (tertiary/aromatic N) is 1. The highest BCUT2D eigenvalue weighted by Crippen LogP contribution is 2.27. The van der Waals surface area contributed by atoms with Gasteiger partial charge in [-0.2, -0.15) is 0 Å². The fourth-order valence-corrected chi connectivity index (χ4v) is 2.58. The van der Waals surface area contributed by atoms with E-state index in [1.807, 2.05) is 19.1 Å². The van der Waals surface area contributed by atoms with E-state index < -0.39 is 5.97 Å². The summed E-state index contributed by atoms with van der Waals surface area (Å²) in [4.78, 5) is 15.5. The lowest BCUT2D eigenvalue weighted by Gasteiger charge is -2.12. The van der Waals surface area contributed by atoms with E-state index in [1.54, 1.807) is 24.3 Å². The number of hydrogen-bond donors (Lipinski definition) is 2. The van der Waals surface area contributed by atoms with Gasteiger partial charge in [0.25, 0.3) is 0 Å². The number of anilines is 2. The van der Waals surface area contributed by atoms with Crippen LogP contribution in [0.1, 0.15) is 28.5 Å². The quantitative estimate of drug-likeness (QED) is 0.742. The molecule has 23 heavy (non-hydrogen) atoms. The monoisotopic (exact) mass is 306 g/mol. The molecule has 0 saturated heterocycles. The molecule has 0 saturated carbocycles. The van der Waals surface area contributed by atoms with Crippen molar-refractivity contribution in [2.45, 2.75) is 20.3 Å². The number of rotatable bonds is 4. The molecule has 2 N–H and O–H groups in total. The van der Waals surface area contributed by atoms with E-state index >= 15 is 0 Å². The first-order chi connectivity index (χ1) is 11.1. The molecule has 3 rings (SSSR count). The number of carboxylic acid groups (broad SMARTS) is 1. The van der Waals surface area contributed by atoms with Crippen molar-refractivity contribution in [3.63, 3.8) is 0 Å². The summed E-state index contributed by atoms with van der Waals surface area (Å²) < 4.78 is 0. The van der Waals surface area contributed by atoms with E-state index in [1.165, 1.54) is 5.56 Å². The number of aromatic carboxylic acids is 1. The average Bonchev–Trinajstić information content (AvgIpc) is 2.55. The number of pyridine rings is 1. The molecule has 4 heteroatoms. The third kappa shape index (κ3) is 3.16. The molecule has 0 spiro atoms. The van der Waals surface area contributed by atoms with Crippen LogP contribution in [0.15, 0.2) is 48.5 Å². The summed E-state index contributed by atoms with van der Waals surface area (Å²) in [7, 11) is 0. The number of aryl methyl sites for hydroxylation is 2. The van der Waals surface area contributed by atoms with E-state index in [2.05, 4.69) is 29.4 Å². The first kappa shape index (κ1) is 15.0. The van der Waals surface area contributed by atoms with E-state index in [-0.39, 0.29) is 5.56 Å². The molecule has 0 fully saturated rings. The number of fused-ring (bicyclic) bond motifs is 1. The molecule has 116 valence electrons. The van der Waals surface area contributed by atoms with Crippen LogP contribution < -0.4 is 5.32 Å². The van der Waals surface area contributed by atoms with Crippen molar-refractivity contribution in [1.29, 1.82) is 0 Å². The molecule has 1 aromatic heterocycles. The highest BCUT2D eigenvalue weighted by atomic mass is 16.4. The van der Waals surface area contributed by atoms with E-state index in [9.17, 15) is 4.79 Å². The van der Waals surface area contributed by atoms with Gasteiger partial charge in [0.05, 0.1) is 11.1 Å². The van der Waals surface area contributed by atoms with Gasteiger partial charge < -0.3 is 10.4 Å². The summed E-state index contributed by atoms with van der Waals surface area (Å²) in [6, 6.07) is 15.0. The minimum absolute atomic E-state index is 0.277. The van der Waals surface area contributed by atoms with Crippen LogP contribution >= 0.6 is 0 Å². The first-order valence-electron chi connectivity index (χ1n) is 7.57. The Balaban J connectivity index is 2.02. The molecule has 3 aromatic rings. The molecule has 1 heterocycles. The molecule has 0 amide bonds. The Morgan fingerprint density at radius 3 is 2.52 bits per heavy atom. The lowest BCUT2D eigenvalue weighted by atomic mass is 10.1. The van der Waals surface area contributed by atoms with Crippen LogP contribution in [0.5, 0.6) is 0 Å². The van der Waals surface area contributed by atoms with Gasteiger partial charge in [0, 0.05) is 22.5 Å². The third-order valence-corrected chi connectivity index (χ3v) is 3.82. The number of carbonyl (C=O) groups is 1. The van der Waals surface area contributed by atoms with Crippen molar-refractivity contribution in [2.75, 3.05) is 5.32 Å². The van der Waals surface area contributed by atoms with Crippen LogP contribution in [0.4, 0.5) is 11.4 Å². The third-order valence-electron chi connectivity index (χ3n) is 3.82. The van der Waals surface area contributed by atoms with Crippen molar-refractivity contribution in [2.24, 2.45) is 0 Å². The summed E-state index contributed by atoms with van der Waals surface area (Å²) in [6.07, 6.45) is 0.969. The standard InChI is InChI=1S/C19H18N2O2/c1-3-13-4-9-17-16(11-13)18(10-12(2)20-17)21-15-7-5-14(6-8-15)19(22)23/h4-11H,3H2,1-2H3,(H,20,21)(H,22,23). The van der Waals surface area contributed by atoms with Crippen LogP contribution in [0.25, 0.3) is 10.9 Å². The molecule has 0 aliphatic heterocycles. The topological polar surface area (TPSA) is 62.2 Å². The Morgan fingerprint density at radius 2 is 1.87 bits per heavy atom. The maximum Gasteiger partial charge on any atom is 0.335 e. The molecule has 0 aliphatic carbocycles. The Labute approximate surface area is 134 Å². The highest BCUT2D eigenvalue weighted by Gasteiger charge is 2.07. The molecule has 4 nitrogen and oxygen atoms in total. The fourth-order valence-electron chi connectivity index (χ4n) is 2.58. The van der Waals surface area contributed by atoms with E-state index in [4.69, 9.17) is 5.11 Å². The maximum atomic E-state index is 10.9. The van der Waals surface area contributed by atoms with Gasteiger partial charge in [-0.25, -0.2) is 4.79 Å². The molecular weight excluding hydrogens is 288 g/mol. The maximum absolute atomic E-state index is 10.9. The molecule has 0 unspecified atom stereocenters. The Morgan fingerprint density at radius 1 is 1.13 bits per heavy atom. The second-order valence-corrected chi connectivity index (χ2v) is 5.52. The van der Waals surface area contributed by atoms with Crippen molar-refractivity contribution < 1.29 is 9.90 Å². The van der Waals surface area contributed by atoms with Gasteiger partial charge in [-0.3, -0.25) is 4.98 Å². The van der Waals surface area contributed by atoms with Crippen LogP contribution in [-0.2, 0) is 6.42 Å². The lowest BCUT2D eigenvalue weighted by Crippen LogP contribution is -1.98. The van der Waals surface area contributed by atoms with Gasteiger partial charge in [0.15, 0.2) is 0 Å². The van der Waals surface area contributed by atoms with Crippen LogP contribution in [0.2, 0.25) is 0 Å². The van der Waals surface area contributed by atoms with Crippen LogP contribution in [-0.4, -0.2) is 16.1 Å². The Bertz CT molecular complexity index is 870. The normalized spacial score (nSPS) is 10.7. The first-order valence-corrected chi connectivity index (χ1v) is 7.57.